The molecule has 1 fully saturated rings. The topological polar surface area (TPSA) is 87.4 Å². The summed E-state index contributed by atoms with van der Waals surface area (Å²) in [5.74, 6) is 1.41. The normalized spacial score (nSPS) is 23.9. The molecule has 1 rings (SSSR count). The van der Waals surface area contributed by atoms with Gasteiger partial charge >= 0.3 is 0 Å². The molecule has 2 unspecified atom stereocenters. The minimum Gasteiger partial charge on any atom is -0.395 e. The summed E-state index contributed by atoms with van der Waals surface area (Å²) in [4.78, 5) is 11.3. The van der Waals surface area contributed by atoms with Crippen LogP contribution in [0.15, 0.2) is 0 Å². The summed E-state index contributed by atoms with van der Waals surface area (Å²) in [5, 5.41) is 14.5. The summed E-state index contributed by atoms with van der Waals surface area (Å²) in [7, 11) is 0. The van der Waals surface area contributed by atoms with Crippen molar-refractivity contribution in [1.29, 1.82) is 0 Å². The van der Waals surface area contributed by atoms with Crippen molar-refractivity contribution in [2.24, 2.45) is 17.6 Å². The van der Waals surface area contributed by atoms with Gasteiger partial charge in [-0.3, -0.25) is 4.79 Å². The summed E-state index contributed by atoms with van der Waals surface area (Å²) >= 11 is 0. The van der Waals surface area contributed by atoms with Gasteiger partial charge in [-0.15, -0.1) is 0 Å². The first-order valence-corrected chi connectivity index (χ1v) is 7.04. The van der Waals surface area contributed by atoms with Crippen molar-refractivity contribution in [2.45, 2.75) is 32.1 Å². The number of nitrogens with two attached hydrogens (primary N) is 1. The summed E-state index contributed by atoms with van der Waals surface area (Å²) in [6.45, 7) is 2.85. The molecule has 0 bridgehead atoms. The number of nitrogens with one attached hydrogen (secondary N) is 2. The number of amides is 1. The summed E-state index contributed by atoms with van der Waals surface area (Å²) in [5.41, 5.74) is 5.71. The lowest BCUT2D eigenvalue weighted by Crippen LogP contribution is -2.33. The number of aliphatic hydroxyl groups excluding tert-OH is 1. The Balaban J connectivity index is 2.01. The maximum absolute atomic E-state index is 11.3. The third kappa shape index (κ3) is 6.33. The molecule has 0 aromatic rings. The van der Waals surface area contributed by atoms with Crippen LogP contribution in [0.5, 0.6) is 0 Å². The number of hydrogen-bond acceptors (Lipinski definition) is 4. The van der Waals surface area contributed by atoms with E-state index in [9.17, 15) is 4.79 Å². The molecule has 0 radical (unpaired) electrons. The van der Waals surface area contributed by atoms with Gasteiger partial charge in [0.25, 0.3) is 0 Å². The molecule has 1 amide bonds. The molecule has 106 valence electrons. The standard InChI is InChI=1S/C13H27N3O2/c14-9-11-2-1-3-12(8-11)10-15-5-4-13(18)16-6-7-17/h11-12,15,17H,1-10,14H2,(H,16,18). The van der Waals surface area contributed by atoms with Crippen LogP contribution in [-0.2, 0) is 4.79 Å². The van der Waals surface area contributed by atoms with Gasteiger partial charge in [-0.25, -0.2) is 0 Å². The first kappa shape index (κ1) is 15.4. The van der Waals surface area contributed by atoms with E-state index >= 15 is 0 Å². The van der Waals surface area contributed by atoms with Crippen molar-refractivity contribution in [1.82, 2.24) is 10.6 Å². The SMILES string of the molecule is NCC1CCCC(CNCCC(=O)NCCO)C1. The molecule has 0 aromatic carbocycles. The molecule has 1 aliphatic carbocycles. The molecule has 0 aliphatic heterocycles. The Morgan fingerprint density at radius 1 is 1.28 bits per heavy atom. The lowest BCUT2D eigenvalue weighted by Gasteiger charge is -2.28. The van der Waals surface area contributed by atoms with Crippen molar-refractivity contribution in [2.75, 3.05) is 32.8 Å². The van der Waals surface area contributed by atoms with Crippen LogP contribution in [0.2, 0.25) is 0 Å². The van der Waals surface area contributed by atoms with Crippen molar-refractivity contribution in [3.63, 3.8) is 0 Å². The van der Waals surface area contributed by atoms with E-state index in [4.69, 9.17) is 10.8 Å². The van der Waals surface area contributed by atoms with Crippen LogP contribution < -0.4 is 16.4 Å². The molecular weight excluding hydrogens is 230 g/mol. The lowest BCUT2D eigenvalue weighted by atomic mass is 9.81. The smallest absolute Gasteiger partial charge is 0.221 e. The quantitative estimate of drug-likeness (QED) is 0.455. The first-order valence-electron chi connectivity index (χ1n) is 7.04. The van der Waals surface area contributed by atoms with E-state index in [0.29, 0.717) is 31.3 Å². The zero-order valence-electron chi connectivity index (χ0n) is 11.2. The van der Waals surface area contributed by atoms with Crippen LogP contribution >= 0.6 is 0 Å². The van der Waals surface area contributed by atoms with Gasteiger partial charge in [0, 0.05) is 19.5 Å². The fourth-order valence-corrected chi connectivity index (χ4v) is 2.59. The molecule has 0 spiro atoms. The molecule has 0 heterocycles. The van der Waals surface area contributed by atoms with Crippen molar-refractivity contribution < 1.29 is 9.90 Å². The minimum absolute atomic E-state index is 0.0000267. The predicted molar refractivity (Wildman–Crippen MR) is 72.1 cm³/mol. The highest BCUT2D eigenvalue weighted by Crippen LogP contribution is 2.27. The number of hydrogen-bond donors (Lipinski definition) is 4. The average Bonchev–Trinajstić information content (AvgIpc) is 2.41. The molecule has 2 atom stereocenters. The maximum atomic E-state index is 11.3. The summed E-state index contributed by atoms with van der Waals surface area (Å²) in [6, 6.07) is 0. The second kappa shape index (κ2) is 9.30. The fraction of sp³-hybridized carbons (Fsp3) is 0.923. The van der Waals surface area contributed by atoms with Gasteiger partial charge in [0.15, 0.2) is 0 Å². The highest BCUT2D eigenvalue weighted by atomic mass is 16.3. The van der Waals surface area contributed by atoms with Crippen LogP contribution in [0.1, 0.15) is 32.1 Å². The average molecular weight is 257 g/mol. The van der Waals surface area contributed by atoms with E-state index in [1.807, 2.05) is 0 Å². The summed E-state index contributed by atoms with van der Waals surface area (Å²) < 4.78 is 0. The van der Waals surface area contributed by atoms with Gasteiger partial charge in [-0.1, -0.05) is 6.42 Å². The Kier molecular flexibility index (Phi) is 7.96. The number of aliphatic hydroxyl groups is 1. The summed E-state index contributed by atoms with van der Waals surface area (Å²) in [6.07, 6.45) is 5.54. The third-order valence-corrected chi connectivity index (χ3v) is 3.62. The zero-order valence-corrected chi connectivity index (χ0v) is 11.2. The molecule has 5 nitrogen and oxygen atoms in total. The van der Waals surface area contributed by atoms with Gasteiger partial charge in [-0.2, -0.15) is 0 Å². The van der Waals surface area contributed by atoms with Crippen molar-refractivity contribution in [3.8, 4) is 0 Å². The van der Waals surface area contributed by atoms with Crippen LogP contribution in [0.25, 0.3) is 0 Å². The van der Waals surface area contributed by atoms with Crippen molar-refractivity contribution in [3.05, 3.63) is 0 Å². The highest BCUT2D eigenvalue weighted by Gasteiger charge is 2.20. The van der Waals surface area contributed by atoms with Gasteiger partial charge in [0.05, 0.1) is 6.61 Å². The molecule has 18 heavy (non-hydrogen) atoms. The second-order valence-electron chi connectivity index (χ2n) is 5.16. The van der Waals surface area contributed by atoms with E-state index in [0.717, 1.165) is 13.1 Å². The van der Waals surface area contributed by atoms with Crippen molar-refractivity contribution >= 4 is 5.91 Å². The first-order chi connectivity index (χ1) is 8.76. The Labute approximate surface area is 110 Å². The molecule has 0 aromatic heterocycles. The van der Waals surface area contributed by atoms with Crippen LogP contribution in [0, 0.1) is 11.8 Å². The fourth-order valence-electron chi connectivity index (χ4n) is 2.59. The van der Waals surface area contributed by atoms with E-state index in [1.165, 1.54) is 25.7 Å². The molecule has 1 saturated carbocycles. The third-order valence-electron chi connectivity index (χ3n) is 3.62. The lowest BCUT2D eigenvalue weighted by molar-refractivity contribution is -0.121. The Morgan fingerprint density at radius 2 is 2.06 bits per heavy atom. The molecule has 5 heteroatoms. The number of carbonyl (C=O) groups is 1. The van der Waals surface area contributed by atoms with Crippen LogP contribution in [-0.4, -0.2) is 43.8 Å². The molecule has 1 aliphatic rings. The number of carbonyl (C=O) groups excluding carboxylic acids is 1. The predicted octanol–water partition coefficient (Wildman–Crippen LogP) is -0.160. The van der Waals surface area contributed by atoms with Gasteiger partial charge in [-0.05, 0) is 44.2 Å². The van der Waals surface area contributed by atoms with E-state index in [1.54, 1.807) is 0 Å². The van der Waals surface area contributed by atoms with Gasteiger partial charge in [0.2, 0.25) is 5.91 Å². The Bertz CT molecular complexity index is 236. The Morgan fingerprint density at radius 3 is 2.78 bits per heavy atom. The maximum Gasteiger partial charge on any atom is 0.221 e. The van der Waals surface area contributed by atoms with Crippen LogP contribution in [0.4, 0.5) is 0 Å². The van der Waals surface area contributed by atoms with E-state index in [2.05, 4.69) is 10.6 Å². The van der Waals surface area contributed by atoms with E-state index < -0.39 is 0 Å². The van der Waals surface area contributed by atoms with Gasteiger partial charge < -0.3 is 21.5 Å². The Hall–Kier alpha value is -0.650. The molecule has 5 N–H and O–H groups in total. The van der Waals surface area contributed by atoms with Gasteiger partial charge in [0.1, 0.15) is 0 Å². The largest absolute Gasteiger partial charge is 0.395 e. The minimum atomic E-state index is 0.0000267. The zero-order chi connectivity index (χ0) is 13.2. The molecule has 0 saturated heterocycles. The molecular formula is C13H27N3O2. The van der Waals surface area contributed by atoms with E-state index in [-0.39, 0.29) is 12.5 Å². The second-order valence-corrected chi connectivity index (χ2v) is 5.16. The number of rotatable bonds is 8. The monoisotopic (exact) mass is 257 g/mol. The highest BCUT2D eigenvalue weighted by molar-refractivity contribution is 5.75. The van der Waals surface area contributed by atoms with Crippen LogP contribution in [0.3, 0.4) is 0 Å².